The molecule has 3 rings (SSSR count). The second kappa shape index (κ2) is 8.45. The number of rotatable bonds is 5. The second-order valence-electron chi connectivity index (χ2n) is 7.60. The van der Waals surface area contributed by atoms with Crippen LogP contribution < -0.4 is 0 Å². The van der Waals surface area contributed by atoms with Crippen LogP contribution in [0.25, 0.3) is 0 Å². The predicted octanol–water partition coefficient (Wildman–Crippen LogP) is 1.31. The number of aliphatic hydroxyl groups is 1. The maximum atomic E-state index is 11.7. The van der Waals surface area contributed by atoms with Crippen LogP contribution in [0.4, 0.5) is 0 Å². The summed E-state index contributed by atoms with van der Waals surface area (Å²) in [6.45, 7) is 6.75. The Balaban J connectivity index is 1.45. The van der Waals surface area contributed by atoms with Crippen LogP contribution in [0.2, 0.25) is 0 Å². The molecule has 0 saturated carbocycles. The molecule has 132 valence electrons. The third-order valence-corrected chi connectivity index (χ3v) is 5.71. The van der Waals surface area contributed by atoms with E-state index in [-0.39, 0.29) is 5.91 Å². The molecule has 23 heavy (non-hydrogen) atoms. The molecule has 1 amide bonds. The number of amides is 1. The summed E-state index contributed by atoms with van der Waals surface area (Å²) >= 11 is 0. The van der Waals surface area contributed by atoms with E-state index in [4.69, 9.17) is 0 Å². The molecule has 5 nitrogen and oxygen atoms in total. The molecule has 3 aliphatic heterocycles. The first-order valence-electron chi connectivity index (χ1n) is 9.64. The van der Waals surface area contributed by atoms with Gasteiger partial charge in [0.15, 0.2) is 0 Å². The van der Waals surface area contributed by atoms with Gasteiger partial charge in [0.25, 0.3) is 0 Å². The van der Waals surface area contributed by atoms with Gasteiger partial charge in [-0.15, -0.1) is 0 Å². The quantitative estimate of drug-likeness (QED) is 0.829. The third kappa shape index (κ3) is 4.91. The molecule has 0 aliphatic carbocycles. The maximum Gasteiger partial charge on any atom is 0.222 e. The molecular weight excluding hydrogens is 290 g/mol. The lowest BCUT2D eigenvalue weighted by Gasteiger charge is -2.40. The number of hydrogen-bond acceptors (Lipinski definition) is 4. The number of aliphatic hydroxyl groups excluding tert-OH is 1. The highest BCUT2D eigenvalue weighted by molar-refractivity contribution is 5.78. The van der Waals surface area contributed by atoms with Crippen molar-refractivity contribution in [3.63, 3.8) is 0 Å². The summed E-state index contributed by atoms with van der Waals surface area (Å²) in [4.78, 5) is 18.6. The van der Waals surface area contributed by atoms with E-state index >= 15 is 0 Å². The Morgan fingerprint density at radius 3 is 2.43 bits per heavy atom. The first-order chi connectivity index (χ1) is 11.2. The van der Waals surface area contributed by atoms with Gasteiger partial charge in [-0.2, -0.15) is 0 Å². The Morgan fingerprint density at radius 1 is 0.957 bits per heavy atom. The van der Waals surface area contributed by atoms with Crippen LogP contribution in [0.3, 0.4) is 0 Å². The number of carbonyl (C=O) groups excluding carboxylic acids is 1. The van der Waals surface area contributed by atoms with Gasteiger partial charge in [-0.25, -0.2) is 0 Å². The summed E-state index contributed by atoms with van der Waals surface area (Å²) in [5, 5.41) is 10.4. The zero-order valence-corrected chi connectivity index (χ0v) is 14.5. The lowest BCUT2D eigenvalue weighted by atomic mass is 10.0. The average Bonchev–Trinajstić information content (AvgIpc) is 2.79. The Kier molecular flexibility index (Phi) is 6.31. The molecule has 2 atom stereocenters. The molecule has 0 spiro atoms. The van der Waals surface area contributed by atoms with E-state index in [9.17, 15) is 9.90 Å². The number of nitrogens with zero attached hydrogens (tertiary/aromatic N) is 3. The van der Waals surface area contributed by atoms with Crippen LogP contribution in [-0.2, 0) is 4.79 Å². The van der Waals surface area contributed by atoms with Gasteiger partial charge in [0, 0.05) is 38.6 Å². The highest BCUT2D eigenvalue weighted by Gasteiger charge is 2.28. The minimum Gasteiger partial charge on any atom is -0.390 e. The molecule has 0 aromatic carbocycles. The first kappa shape index (κ1) is 17.2. The lowest BCUT2D eigenvalue weighted by Crippen LogP contribution is -2.51. The molecule has 0 aromatic heterocycles. The Labute approximate surface area is 140 Å². The van der Waals surface area contributed by atoms with Crippen molar-refractivity contribution in [3.05, 3.63) is 0 Å². The van der Waals surface area contributed by atoms with Crippen molar-refractivity contribution in [2.24, 2.45) is 0 Å². The van der Waals surface area contributed by atoms with Crippen LogP contribution in [0.5, 0.6) is 0 Å². The number of carbonyl (C=O) groups is 1. The van der Waals surface area contributed by atoms with Crippen molar-refractivity contribution in [3.8, 4) is 0 Å². The van der Waals surface area contributed by atoms with Crippen LogP contribution in [0.15, 0.2) is 0 Å². The number of piperidine rings is 1. The largest absolute Gasteiger partial charge is 0.390 e. The summed E-state index contributed by atoms with van der Waals surface area (Å²) in [6, 6.07) is 0.669. The van der Waals surface area contributed by atoms with E-state index in [0.717, 1.165) is 26.1 Å². The van der Waals surface area contributed by atoms with E-state index in [1.54, 1.807) is 0 Å². The van der Waals surface area contributed by atoms with Crippen molar-refractivity contribution in [2.75, 3.05) is 45.8 Å². The zero-order chi connectivity index (χ0) is 16.1. The molecule has 3 fully saturated rings. The van der Waals surface area contributed by atoms with E-state index in [1.165, 1.54) is 51.6 Å². The summed E-state index contributed by atoms with van der Waals surface area (Å²) in [5.74, 6) is 0.213. The minimum atomic E-state index is -0.403. The van der Waals surface area contributed by atoms with Gasteiger partial charge < -0.3 is 10.0 Å². The van der Waals surface area contributed by atoms with Gasteiger partial charge in [0.05, 0.1) is 6.10 Å². The highest BCUT2D eigenvalue weighted by atomic mass is 16.3. The summed E-state index contributed by atoms with van der Waals surface area (Å²) in [5.41, 5.74) is 0. The first-order valence-corrected chi connectivity index (χ1v) is 9.64. The monoisotopic (exact) mass is 323 g/mol. The van der Waals surface area contributed by atoms with Crippen molar-refractivity contribution in [2.45, 2.75) is 63.5 Å². The van der Waals surface area contributed by atoms with Crippen LogP contribution >= 0.6 is 0 Å². The molecule has 2 unspecified atom stereocenters. The standard InChI is InChI=1S/C18H33N3O2/c22-17(15-21-12-6-8-18(21)23)14-19-9-5-7-16(13-19)20-10-3-1-2-4-11-20/h16-17,22H,1-15H2. The van der Waals surface area contributed by atoms with E-state index < -0.39 is 6.10 Å². The summed E-state index contributed by atoms with van der Waals surface area (Å²) in [7, 11) is 0. The lowest BCUT2D eigenvalue weighted by molar-refractivity contribution is -0.129. The topological polar surface area (TPSA) is 47.0 Å². The maximum absolute atomic E-state index is 11.7. The molecule has 0 aromatic rings. The molecule has 1 N–H and O–H groups in total. The van der Waals surface area contributed by atoms with Crippen molar-refractivity contribution >= 4 is 5.91 Å². The fourth-order valence-electron chi connectivity index (χ4n) is 4.46. The highest BCUT2D eigenvalue weighted by Crippen LogP contribution is 2.20. The van der Waals surface area contributed by atoms with Crippen LogP contribution in [-0.4, -0.2) is 83.7 Å². The van der Waals surface area contributed by atoms with Crippen LogP contribution in [0, 0.1) is 0 Å². The molecule has 0 bridgehead atoms. The second-order valence-corrected chi connectivity index (χ2v) is 7.60. The van der Waals surface area contributed by atoms with Gasteiger partial charge in [-0.3, -0.25) is 14.6 Å². The van der Waals surface area contributed by atoms with Crippen LogP contribution in [0.1, 0.15) is 51.4 Å². The van der Waals surface area contributed by atoms with E-state index in [2.05, 4.69) is 9.80 Å². The Hall–Kier alpha value is -0.650. The average molecular weight is 323 g/mol. The van der Waals surface area contributed by atoms with Crippen molar-refractivity contribution < 1.29 is 9.90 Å². The number of β-amino-alcohol motifs (C(OH)–C–C–N with tert-alkyl or cyclic N) is 1. The van der Waals surface area contributed by atoms with E-state index in [1.807, 2.05) is 4.90 Å². The smallest absolute Gasteiger partial charge is 0.222 e. The predicted molar refractivity (Wildman–Crippen MR) is 91.3 cm³/mol. The van der Waals surface area contributed by atoms with Crippen molar-refractivity contribution in [1.29, 1.82) is 0 Å². The van der Waals surface area contributed by atoms with Gasteiger partial charge in [0.2, 0.25) is 5.91 Å². The zero-order valence-electron chi connectivity index (χ0n) is 14.5. The fraction of sp³-hybridized carbons (Fsp3) is 0.944. The fourth-order valence-corrected chi connectivity index (χ4v) is 4.46. The van der Waals surface area contributed by atoms with Gasteiger partial charge in [-0.1, -0.05) is 12.8 Å². The molecule has 5 heteroatoms. The molecule has 3 saturated heterocycles. The van der Waals surface area contributed by atoms with Gasteiger partial charge in [-0.05, 0) is 51.7 Å². The molecule has 3 heterocycles. The molecular formula is C18H33N3O2. The molecule has 3 aliphatic rings. The number of hydrogen-bond donors (Lipinski definition) is 1. The SMILES string of the molecule is O=C1CCCN1CC(O)CN1CCCC(N2CCCCCC2)C1. The van der Waals surface area contributed by atoms with Gasteiger partial charge >= 0.3 is 0 Å². The third-order valence-electron chi connectivity index (χ3n) is 5.71. The minimum absolute atomic E-state index is 0.213. The summed E-state index contributed by atoms with van der Waals surface area (Å²) < 4.78 is 0. The normalized spacial score (nSPS) is 29.7. The Morgan fingerprint density at radius 2 is 1.74 bits per heavy atom. The van der Waals surface area contributed by atoms with E-state index in [0.29, 0.717) is 25.6 Å². The van der Waals surface area contributed by atoms with Gasteiger partial charge in [0.1, 0.15) is 0 Å². The number of likely N-dealkylation sites (tertiary alicyclic amines) is 3. The van der Waals surface area contributed by atoms with Crippen molar-refractivity contribution in [1.82, 2.24) is 14.7 Å². The Bertz CT molecular complexity index is 382. The summed E-state index contributed by atoms with van der Waals surface area (Å²) in [6.07, 6.45) is 9.20. The molecule has 0 radical (unpaired) electrons.